The maximum Gasteiger partial charge on any atom is 0.341 e. The molecular formula is C23H29NO8. The molecule has 1 aliphatic rings. The number of ether oxygens (including phenoxy) is 5. The Balaban J connectivity index is 2.89. The van der Waals surface area contributed by atoms with Crippen LogP contribution >= 0.6 is 0 Å². The number of methoxy groups -OCH3 is 3. The molecule has 0 fully saturated rings. The molecule has 0 spiro atoms. The Labute approximate surface area is 187 Å². The summed E-state index contributed by atoms with van der Waals surface area (Å²) in [4.78, 5) is 38.4. The maximum absolute atomic E-state index is 13.0. The van der Waals surface area contributed by atoms with E-state index in [-0.39, 0.29) is 35.7 Å². The van der Waals surface area contributed by atoms with Crippen molar-refractivity contribution in [2.75, 3.05) is 34.5 Å². The molecule has 9 nitrogen and oxygen atoms in total. The summed E-state index contributed by atoms with van der Waals surface area (Å²) in [6, 6.07) is 3.01. The molecular weight excluding hydrogens is 418 g/mol. The standard InChI is InChI=1S/C23H29NO8/c1-8-31-22(26)18-12(3)24-13(4)19(23(27)32-9-2)20(18)14-10-15(21(25)30-7)17(29-6)11-16(14)28-5/h10-11,20,24H,8-9H2,1-7H3. The van der Waals surface area contributed by atoms with Gasteiger partial charge in [-0.15, -0.1) is 0 Å². The molecule has 1 N–H and O–H groups in total. The molecule has 0 aliphatic carbocycles. The molecule has 9 heteroatoms. The highest BCUT2D eigenvalue weighted by Crippen LogP contribution is 2.44. The Morgan fingerprint density at radius 1 is 0.812 bits per heavy atom. The summed E-state index contributed by atoms with van der Waals surface area (Å²) < 4.78 is 26.3. The summed E-state index contributed by atoms with van der Waals surface area (Å²) in [7, 11) is 4.10. The summed E-state index contributed by atoms with van der Waals surface area (Å²) in [6.45, 7) is 7.09. The molecule has 0 radical (unpaired) electrons. The van der Waals surface area contributed by atoms with E-state index in [2.05, 4.69) is 5.32 Å². The van der Waals surface area contributed by atoms with Gasteiger partial charge in [-0.3, -0.25) is 0 Å². The van der Waals surface area contributed by atoms with Crippen molar-refractivity contribution >= 4 is 17.9 Å². The smallest absolute Gasteiger partial charge is 0.341 e. The summed E-state index contributed by atoms with van der Waals surface area (Å²) in [5.74, 6) is -2.23. The summed E-state index contributed by atoms with van der Waals surface area (Å²) >= 11 is 0. The van der Waals surface area contributed by atoms with Crippen LogP contribution in [0.3, 0.4) is 0 Å². The maximum atomic E-state index is 13.0. The zero-order valence-electron chi connectivity index (χ0n) is 19.4. The van der Waals surface area contributed by atoms with Crippen LogP contribution in [-0.4, -0.2) is 52.5 Å². The Kier molecular flexibility index (Phi) is 8.28. The van der Waals surface area contributed by atoms with Gasteiger partial charge in [0.25, 0.3) is 0 Å². The monoisotopic (exact) mass is 447 g/mol. The Bertz CT molecular complexity index is 936. The van der Waals surface area contributed by atoms with Crippen molar-refractivity contribution in [1.82, 2.24) is 5.32 Å². The zero-order chi connectivity index (χ0) is 24.0. The minimum absolute atomic E-state index is 0.117. The third-order valence-electron chi connectivity index (χ3n) is 5.02. The first-order valence-electron chi connectivity index (χ1n) is 10.1. The van der Waals surface area contributed by atoms with Gasteiger partial charge >= 0.3 is 17.9 Å². The van der Waals surface area contributed by atoms with Gasteiger partial charge in [-0.05, 0) is 33.8 Å². The molecule has 1 heterocycles. The number of esters is 3. The first-order valence-corrected chi connectivity index (χ1v) is 10.1. The largest absolute Gasteiger partial charge is 0.496 e. The van der Waals surface area contributed by atoms with Gasteiger partial charge in [-0.25, -0.2) is 14.4 Å². The van der Waals surface area contributed by atoms with Gasteiger partial charge < -0.3 is 29.0 Å². The van der Waals surface area contributed by atoms with E-state index < -0.39 is 23.8 Å². The van der Waals surface area contributed by atoms with Crippen molar-refractivity contribution in [1.29, 1.82) is 0 Å². The second-order valence-electron chi connectivity index (χ2n) is 6.86. The first kappa shape index (κ1) is 24.8. The van der Waals surface area contributed by atoms with Crippen molar-refractivity contribution in [3.63, 3.8) is 0 Å². The number of hydrogen-bond acceptors (Lipinski definition) is 9. The van der Waals surface area contributed by atoms with E-state index in [1.807, 2.05) is 0 Å². The molecule has 1 aromatic rings. The van der Waals surface area contributed by atoms with Crippen LogP contribution < -0.4 is 14.8 Å². The minimum atomic E-state index is -0.918. The lowest BCUT2D eigenvalue weighted by molar-refractivity contribution is -0.139. The number of carbonyl (C=O) groups excluding carboxylic acids is 3. The van der Waals surface area contributed by atoms with Crippen LogP contribution in [0.4, 0.5) is 0 Å². The SMILES string of the molecule is CCOC(=O)C1=C(C)NC(C)=C(C(=O)OCC)C1c1cc(C(=O)OC)c(OC)cc1OC. The van der Waals surface area contributed by atoms with Crippen LogP contribution in [0, 0.1) is 0 Å². The van der Waals surface area contributed by atoms with Gasteiger partial charge in [0.2, 0.25) is 0 Å². The number of benzene rings is 1. The van der Waals surface area contributed by atoms with E-state index in [9.17, 15) is 14.4 Å². The second-order valence-corrected chi connectivity index (χ2v) is 6.86. The Morgan fingerprint density at radius 2 is 1.31 bits per heavy atom. The molecule has 0 bridgehead atoms. The Hall–Kier alpha value is -3.49. The predicted octanol–water partition coefficient (Wildman–Crippen LogP) is 2.85. The van der Waals surface area contributed by atoms with E-state index in [1.165, 1.54) is 33.5 Å². The third-order valence-corrected chi connectivity index (χ3v) is 5.02. The molecule has 0 aromatic heterocycles. The zero-order valence-corrected chi connectivity index (χ0v) is 19.4. The van der Waals surface area contributed by atoms with Gasteiger partial charge in [0.15, 0.2) is 0 Å². The van der Waals surface area contributed by atoms with Crippen molar-refractivity contribution in [3.8, 4) is 11.5 Å². The molecule has 32 heavy (non-hydrogen) atoms. The highest BCUT2D eigenvalue weighted by atomic mass is 16.5. The molecule has 2 rings (SSSR count). The number of nitrogens with one attached hydrogen (secondary N) is 1. The van der Waals surface area contributed by atoms with Crippen LogP contribution in [0.15, 0.2) is 34.7 Å². The van der Waals surface area contributed by atoms with Crippen LogP contribution in [0.1, 0.15) is 49.5 Å². The lowest BCUT2D eigenvalue weighted by Gasteiger charge is -2.31. The number of carbonyl (C=O) groups is 3. The third kappa shape index (κ3) is 4.71. The quantitative estimate of drug-likeness (QED) is 0.475. The molecule has 0 saturated carbocycles. The van der Waals surface area contributed by atoms with E-state index in [0.717, 1.165) is 0 Å². The van der Waals surface area contributed by atoms with Crippen molar-refractivity contribution in [3.05, 3.63) is 45.8 Å². The average Bonchev–Trinajstić information content (AvgIpc) is 2.77. The van der Waals surface area contributed by atoms with Crippen molar-refractivity contribution in [2.24, 2.45) is 0 Å². The number of hydrogen-bond donors (Lipinski definition) is 1. The molecule has 1 aromatic carbocycles. The van der Waals surface area contributed by atoms with E-state index in [0.29, 0.717) is 22.7 Å². The fourth-order valence-corrected chi connectivity index (χ4v) is 3.68. The van der Waals surface area contributed by atoms with Gasteiger partial charge in [0.05, 0.1) is 51.6 Å². The van der Waals surface area contributed by atoms with Crippen molar-refractivity contribution < 1.29 is 38.1 Å². The van der Waals surface area contributed by atoms with Crippen LogP contribution in [0.2, 0.25) is 0 Å². The van der Waals surface area contributed by atoms with Gasteiger partial charge in [-0.2, -0.15) is 0 Å². The number of dihydropyridines is 1. The topological polar surface area (TPSA) is 109 Å². The lowest BCUT2D eigenvalue weighted by Crippen LogP contribution is -2.33. The molecule has 174 valence electrons. The van der Waals surface area contributed by atoms with Crippen molar-refractivity contribution in [2.45, 2.75) is 33.6 Å². The molecule has 0 unspecified atom stereocenters. The minimum Gasteiger partial charge on any atom is -0.496 e. The van der Waals surface area contributed by atoms with Crippen LogP contribution in [0.25, 0.3) is 0 Å². The fraction of sp³-hybridized carbons (Fsp3) is 0.435. The normalized spacial score (nSPS) is 14.0. The second kappa shape index (κ2) is 10.7. The lowest BCUT2D eigenvalue weighted by atomic mass is 9.79. The molecule has 0 atom stereocenters. The highest BCUT2D eigenvalue weighted by Gasteiger charge is 2.40. The number of rotatable bonds is 8. The highest BCUT2D eigenvalue weighted by molar-refractivity contribution is 6.01. The van der Waals surface area contributed by atoms with E-state index in [1.54, 1.807) is 27.7 Å². The van der Waals surface area contributed by atoms with E-state index in [4.69, 9.17) is 23.7 Å². The first-order chi connectivity index (χ1) is 15.2. The number of allylic oxidation sites excluding steroid dienone is 2. The van der Waals surface area contributed by atoms with Crippen LogP contribution in [0.5, 0.6) is 11.5 Å². The van der Waals surface area contributed by atoms with Crippen LogP contribution in [-0.2, 0) is 23.8 Å². The van der Waals surface area contributed by atoms with E-state index >= 15 is 0 Å². The predicted molar refractivity (Wildman–Crippen MR) is 115 cm³/mol. The average molecular weight is 447 g/mol. The Morgan fingerprint density at radius 3 is 1.72 bits per heavy atom. The van der Waals surface area contributed by atoms with Gasteiger partial charge in [-0.1, -0.05) is 0 Å². The summed E-state index contributed by atoms with van der Waals surface area (Å²) in [5, 5.41) is 3.07. The van der Waals surface area contributed by atoms with Gasteiger partial charge in [0.1, 0.15) is 17.1 Å². The summed E-state index contributed by atoms with van der Waals surface area (Å²) in [5.41, 5.74) is 1.94. The summed E-state index contributed by atoms with van der Waals surface area (Å²) in [6.07, 6.45) is 0. The molecule has 0 amide bonds. The van der Waals surface area contributed by atoms with Gasteiger partial charge in [0, 0.05) is 23.0 Å². The fourth-order valence-electron chi connectivity index (χ4n) is 3.68. The molecule has 0 saturated heterocycles. The molecule has 1 aliphatic heterocycles.